The van der Waals surface area contributed by atoms with E-state index in [1.54, 1.807) is 35.8 Å². The molecule has 0 amide bonds. The van der Waals surface area contributed by atoms with Crippen molar-refractivity contribution in [2.75, 3.05) is 0 Å². The summed E-state index contributed by atoms with van der Waals surface area (Å²) in [5.41, 5.74) is -0.0133. The van der Waals surface area contributed by atoms with Crippen LogP contribution in [0.3, 0.4) is 0 Å². The van der Waals surface area contributed by atoms with E-state index in [0.29, 0.717) is 28.0 Å². The fourth-order valence-electron chi connectivity index (χ4n) is 3.40. The van der Waals surface area contributed by atoms with Crippen LogP contribution in [0, 0.1) is 0 Å². The van der Waals surface area contributed by atoms with Crippen LogP contribution in [0.1, 0.15) is 48.8 Å². The van der Waals surface area contributed by atoms with Gasteiger partial charge in [0.05, 0.1) is 11.1 Å². The zero-order chi connectivity index (χ0) is 21.8. The van der Waals surface area contributed by atoms with E-state index in [1.165, 1.54) is 26.5 Å². The van der Waals surface area contributed by atoms with E-state index in [2.05, 4.69) is 17.0 Å². The maximum absolute atomic E-state index is 12.9. The Morgan fingerprint density at radius 3 is 2.74 bits per heavy atom. The molecule has 0 fully saturated rings. The normalized spacial score (nSPS) is 11.3. The van der Waals surface area contributed by atoms with Gasteiger partial charge in [-0.3, -0.25) is 14.0 Å². The number of ether oxygens (including phenoxy) is 1. The first-order chi connectivity index (χ1) is 15.1. The molecule has 8 nitrogen and oxygen atoms in total. The molecular formula is C22H22N4O4S. The number of fused-ring (bicyclic) bond motifs is 2. The van der Waals surface area contributed by atoms with E-state index in [9.17, 15) is 14.4 Å². The second-order valence-corrected chi connectivity index (χ2v) is 8.07. The molecular weight excluding hydrogens is 416 g/mol. The number of carbonyl (C=O) groups is 1. The van der Waals surface area contributed by atoms with Crippen LogP contribution in [-0.2, 0) is 17.9 Å². The SMILES string of the molecule is CCCCCCn1nc(C(=O)OCc2cc(=O)n3ccsc3n2)c2ccccc2c1=O. The van der Waals surface area contributed by atoms with E-state index in [0.717, 1.165) is 25.7 Å². The maximum Gasteiger partial charge on any atom is 0.359 e. The molecule has 1 aromatic carbocycles. The molecule has 0 unspecified atom stereocenters. The standard InChI is InChI=1S/C22H22N4O4S/c1-2-3-4-7-10-26-20(28)17-9-6-5-8-16(17)19(24-26)21(29)30-14-15-13-18(27)25-11-12-31-22(25)23-15/h5-6,8-9,11-13H,2-4,7,10,14H2,1H3. The van der Waals surface area contributed by atoms with Gasteiger partial charge < -0.3 is 4.74 Å². The number of aryl methyl sites for hydroxylation is 1. The molecule has 3 heterocycles. The number of carbonyl (C=O) groups excluding carboxylic acids is 1. The first-order valence-corrected chi connectivity index (χ1v) is 11.1. The molecule has 0 aliphatic heterocycles. The molecule has 0 aliphatic carbocycles. The van der Waals surface area contributed by atoms with Crippen LogP contribution >= 0.6 is 11.3 Å². The third-order valence-electron chi connectivity index (χ3n) is 4.99. The van der Waals surface area contributed by atoms with Crippen LogP contribution in [0.4, 0.5) is 0 Å². The van der Waals surface area contributed by atoms with Gasteiger partial charge in [-0.25, -0.2) is 14.5 Å². The van der Waals surface area contributed by atoms with Crippen molar-refractivity contribution in [2.24, 2.45) is 0 Å². The van der Waals surface area contributed by atoms with Gasteiger partial charge in [0.2, 0.25) is 0 Å². The van der Waals surface area contributed by atoms with Crippen molar-refractivity contribution in [3.8, 4) is 0 Å². The Balaban J connectivity index is 1.60. The van der Waals surface area contributed by atoms with Crippen LogP contribution < -0.4 is 11.1 Å². The number of hydrogen-bond donors (Lipinski definition) is 0. The average Bonchev–Trinajstić information content (AvgIpc) is 3.26. The van der Waals surface area contributed by atoms with Crippen LogP contribution in [0.15, 0.2) is 51.5 Å². The lowest BCUT2D eigenvalue weighted by Crippen LogP contribution is -2.26. The molecule has 4 rings (SSSR count). The summed E-state index contributed by atoms with van der Waals surface area (Å²) in [6, 6.07) is 8.22. The quantitative estimate of drug-likeness (QED) is 0.309. The Morgan fingerprint density at radius 2 is 1.94 bits per heavy atom. The first kappa shape index (κ1) is 20.9. The number of nitrogens with zero attached hydrogens (tertiary/aromatic N) is 4. The Hall–Kier alpha value is -3.33. The molecule has 31 heavy (non-hydrogen) atoms. The largest absolute Gasteiger partial charge is 0.454 e. The van der Waals surface area contributed by atoms with Crippen LogP contribution in [0.2, 0.25) is 0 Å². The molecule has 4 aromatic rings. The van der Waals surface area contributed by atoms with Crippen LogP contribution in [0.25, 0.3) is 15.7 Å². The Bertz CT molecular complexity index is 1360. The molecule has 0 bridgehead atoms. The Morgan fingerprint density at radius 1 is 1.13 bits per heavy atom. The molecule has 0 aliphatic rings. The molecule has 0 saturated heterocycles. The average molecular weight is 439 g/mol. The highest BCUT2D eigenvalue weighted by Crippen LogP contribution is 2.16. The summed E-state index contributed by atoms with van der Waals surface area (Å²) in [5, 5.41) is 6.95. The number of esters is 1. The fraction of sp³-hybridized carbons (Fsp3) is 0.318. The molecule has 0 radical (unpaired) electrons. The lowest BCUT2D eigenvalue weighted by molar-refractivity contribution is 0.0460. The highest BCUT2D eigenvalue weighted by atomic mass is 32.1. The summed E-state index contributed by atoms with van der Waals surface area (Å²) in [5.74, 6) is -0.660. The van der Waals surface area contributed by atoms with Crippen molar-refractivity contribution in [2.45, 2.75) is 45.8 Å². The molecule has 160 valence electrons. The predicted octanol–water partition coefficient (Wildman–Crippen LogP) is 3.40. The smallest absolute Gasteiger partial charge is 0.359 e. The van der Waals surface area contributed by atoms with E-state index in [1.807, 2.05) is 0 Å². The third kappa shape index (κ3) is 4.41. The van der Waals surface area contributed by atoms with Crippen molar-refractivity contribution in [1.82, 2.24) is 19.2 Å². The molecule has 3 aromatic heterocycles. The van der Waals surface area contributed by atoms with Gasteiger partial charge in [0, 0.05) is 29.6 Å². The van der Waals surface area contributed by atoms with Gasteiger partial charge in [-0.15, -0.1) is 11.3 Å². The van der Waals surface area contributed by atoms with E-state index >= 15 is 0 Å². The van der Waals surface area contributed by atoms with Gasteiger partial charge in [0.1, 0.15) is 6.61 Å². The van der Waals surface area contributed by atoms with Gasteiger partial charge in [-0.2, -0.15) is 5.10 Å². The van der Waals surface area contributed by atoms with Crippen molar-refractivity contribution < 1.29 is 9.53 Å². The number of hydrogen-bond acceptors (Lipinski definition) is 7. The predicted molar refractivity (Wildman–Crippen MR) is 119 cm³/mol. The Labute approximate surface area is 181 Å². The molecule has 0 spiro atoms. The van der Waals surface area contributed by atoms with Gasteiger partial charge in [-0.1, -0.05) is 44.4 Å². The summed E-state index contributed by atoms with van der Waals surface area (Å²) >= 11 is 1.32. The van der Waals surface area contributed by atoms with Crippen molar-refractivity contribution in [3.63, 3.8) is 0 Å². The van der Waals surface area contributed by atoms with Gasteiger partial charge >= 0.3 is 5.97 Å². The minimum Gasteiger partial charge on any atom is -0.454 e. The summed E-state index contributed by atoms with van der Waals surface area (Å²) < 4.78 is 8.19. The lowest BCUT2D eigenvalue weighted by atomic mass is 10.1. The summed E-state index contributed by atoms with van der Waals surface area (Å²) in [4.78, 5) is 42.6. The number of unbranched alkanes of at least 4 members (excludes halogenated alkanes) is 3. The van der Waals surface area contributed by atoms with E-state index in [4.69, 9.17) is 4.74 Å². The molecule has 9 heteroatoms. The van der Waals surface area contributed by atoms with Crippen molar-refractivity contribution in [3.05, 3.63) is 74.0 Å². The summed E-state index contributed by atoms with van der Waals surface area (Å²) in [7, 11) is 0. The lowest BCUT2D eigenvalue weighted by Gasteiger charge is -2.11. The van der Waals surface area contributed by atoms with E-state index in [-0.39, 0.29) is 23.4 Å². The second kappa shape index (κ2) is 9.22. The number of rotatable bonds is 8. The first-order valence-electron chi connectivity index (χ1n) is 10.2. The molecule has 0 saturated carbocycles. The van der Waals surface area contributed by atoms with E-state index < -0.39 is 5.97 Å². The van der Waals surface area contributed by atoms with Gasteiger partial charge in [-0.05, 0) is 12.5 Å². The van der Waals surface area contributed by atoms with Crippen molar-refractivity contribution >= 4 is 33.0 Å². The van der Waals surface area contributed by atoms with Gasteiger partial charge in [0.25, 0.3) is 11.1 Å². The zero-order valence-corrected chi connectivity index (χ0v) is 17.9. The highest BCUT2D eigenvalue weighted by Gasteiger charge is 2.18. The number of aromatic nitrogens is 4. The fourth-order valence-corrected chi connectivity index (χ4v) is 4.13. The number of benzene rings is 1. The maximum atomic E-state index is 12.9. The monoisotopic (exact) mass is 438 g/mol. The minimum atomic E-state index is -0.660. The Kier molecular flexibility index (Phi) is 6.22. The summed E-state index contributed by atoms with van der Waals surface area (Å²) in [6.45, 7) is 2.40. The minimum absolute atomic E-state index is 0.0830. The molecule has 0 atom stereocenters. The number of thiazole rings is 1. The second-order valence-electron chi connectivity index (χ2n) is 7.20. The van der Waals surface area contributed by atoms with Crippen LogP contribution in [0.5, 0.6) is 0 Å². The summed E-state index contributed by atoms with van der Waals surface area (Å²) in [6.07, 6.45) is 5.61. The zero-order valence-electron chi connectivity index (χ0n) is 17.1. The van der Waals surface area contributed by atoms with Crippen molar-refractivity contribution in [1.29, 1.82) is 0 Å². The highest BCUT2D eigenvalue weighted by molar-refractivity contribution is 7.15. The molecule has 0 N–H and O–H groups in total. The third-order valence-corrected chi connectivity index (χ3v) is 5.75. The van der Waals surface area contributed by atoms with Crippen LogP contribution in [-0.4, -0.2) is 25.1 Å². The van der Waals surface area contributed by atoms with Gasteiger partial charge in [0.15, 0.2) is 10.7 Å². The topological polar surface area (TPSA) is 95.6 Å².